The lowest BCUT2D eigenvalue weighted by Crippen LogP contribution is -2.44. The number of piperidine rings is 1. The van der Waals surface area contributed by atoms with Gasteiger partial charge in [0.05, 0.1) is 12.8 Å². The van der Waals surface area contributed by atoms with Crippen LogP contribution in [0.3, 0.4) is 0 Å². The zero-order valence-electron chi connectivity index (χ0n) is 15.5. The molecule has 1 fully saturated rings. The number of nitrogens with zero attached hydrogens (tertiary/aromatic N) is 1. The van der Waals surface area contributed by atoms with Crippen LogP contribution in [0.1, 0.15) is 24.2 Å². The molecule has 27 heavy (non-hydrogen) atoms. The number of rotatable bonds is 7. The van der Waals surface area contributed by atoms with Crippen LogP contribution in [0.5, 0.6) is 0 Å². The van der Waals surface area contributed by atoms with E-state index in [1.54, 1.807) is 6.26 Å². The molecule has 2 heterocycles. The summed E-state index contributed by atoms with van der Waals surface area (Å²) in [6.45, 7) is 3.80. The van der Waals surface area contributed by atoms with Crippen molar-refractivity contribution in [3.63, 3.8) is 0 Å². The first-order valence-corrected chi connectivity index (χ1v) is 9.55. The molecule has 3 rings (SSSR count). The van der Waals surface area contributed by atoms with E-state index in [0.29, 0.717) is 25.4 Å². The largest absolute Gasteiger partial charge is 0.468 e. The summed E-state index contributed by atoms with van der Waals surface area (Å²) in [6, 6.07) is 13.8. The van der Waals surface area contributed by atoms with E-state index in [1.807, 2.05) is 42.5 Å². The van der Waals surface area contributed by atoms with Gasteiger partial charge < -0.3 is 15.1 Å². The maximum absolute atomic E-state index is 12.0. The molecule has 0 radical (unpaired) electrons. The molecule has 1 aromatic heterocycles. The maximum atomic E-state index is 12.0. The van der Waals surface area contributed by atoms with Crippen LogP contribution in [0.25, 0.3) is 0 Å². The maximum Gasteiger partial charge on any atom is 0.309 e. The molecule has 0 atom stereocenters. The molecular formula is C21H27N3O3. The van der Waals surface area contributed by atoms with Crippen molar-refractivity contribution >= 4 is 11.8 Å². The number of carbonyl (C=O) groups excluding carboxylic acids is 2. The lowest BCUT2D eigenvalue weighted by molar-refractivity contribution is -0.139. The van der Waals surface area contributed by atoms with Gasteiger partial charge in [-0.05, 0) is 56.0 Å². The van der Waals surface area contributed by atoms with Gasteiger partial charge in [-0.25, -0.2) is 0 Å². The topological polar surface area (TPSA) is 74.6 Å². The normalized spacial score (nSPS) is 15.4. The van der Waals surface area contributed by atoms with Gasteiger partial charge in [0, 0.05) is 13.1 Å². The Balaban J connectivity index is 1.29. The number of amides is 2. The second-order valence-electron chi connectivity index (χ2n) is 7.00. The molecule has 0 spiro atoms. The van der Waals surface area contributed by atoms with Gasteiger partial charge in [0.15, 0.2) is 0 Å². The van der Waals surface area contributed by atoms with Crippen LogP contribution < -0.4 is 10.6 Å². The third-order valence-corrected chi connectivity index (χ3v) is 4.97. The number of benzene rings is 1. The molecule has 6 heteroatoms. The highest BCUT2D eigenvalue weighted by molar-refractivity contribution is 6.35. The molecule has 0 aliphatic carbocycles. The average Bonchev–Trinajstić information content (AvgIpc) is 3.21. The van der Waals surface area contributed by atoms with Crippen molar-refractivity contribution in [2.45, 2.75) is 25.8 Å². The highest BCUT2D eigenvalue weighted by Crippen LogP contribution is 2.18. The van der Waals surface area contributed by atoms with E-state index in [2.05, 4.69) is 15.5 Å². The first-order chi connectivity index (χ1) is 13.2. The Labute approximate surface area is 159 Å². The van der Waals surface area contributed by atoms with Gasteiger partial charge in [0.2, 0.25) is 0 Å². The molecule has 0 saturated carbocycles. The van der Waals surface area contributed by atoms with Gasteiger partial charge in [-0.3, -0.25) is 14.5 Å². The minimum atomic E-state index is -0.554. The van der Waals surface area contributed by atoms with Crippen LogP contribution in [0.2, 0.25) is 0 Å². The zero-order chi connectivity index (χ0) is 18.9. The van der Waals surface area contributed by atoms with E-state index in [1.165, 1.54) is 0 Å². The van der Waals surface area contributed by atoms with Crippen molar-refractivity contribution in [1.82, 2.24) is 15.5 Å². The Hall–Kier alpha value is -2.60. The van der Waals surface area contributed by atoms with Gasteiger partial charge in [-0.1, -0.05) is 30.3 Å². The first kappa shape index (κ1) is 19.2. The van der Waals surface area contributed by atoms with E-state index in [4.69, 9.17) is 4.42 Å². The molecule has 1 saturated heterocycles. The van der Waals surface area contributed by atoms with E-state index in [-0.39, 0.29) is 0 Å². The second-order valence-corrected chi connectivity index (χ2v) is 7.00. The summed E-state index contributed by atoms with van der Waals surface area (Å²) in [7, 11) is 0. The molecule has 6 nitrogen and oxygen atoms in total. The van der Waals surface area contributed by atoms with E-state index in [0.717, 1.165) is 43.8 Å². The zero-order valence-corrected chi connectivity index (χ0v) is 15.5. The molecule has 2 N–H and O–H groups in total. The number of hydrogen-bond donors (Lipinski definition) is 2. The molecule has 0 bridgehead atoms. The van der Waals surface area contributed by atoms with Crippen LogP contribution in [0.15, 0.2) is 53.1 Å². The van der Waals surface area contributed by atoms with Crippen molar-refractivity contribution in [3.8, 4) is 0 Å². The number of likely N-dealkylation sites (tertiary alicyclic amines) is 1. The summed E-state index contributed by atoms with van der Waals surface area (Å²) >= 11 is 0. The van der Waals surface area contributed by atoms with Crippen molar-refractivity contribution in [3.05, 3.63) is 60.1 Å². The van der Waals surface area contributed by atoms with Gasteiger partial charge in [0.1, 0.15) is 5.76 Å². The third-order valence-electron chi connectivity index (χ3n) is 4.97. The molecule has 1 aromatic carbocycles. The number of hydrogen-bond acceptors (Lipinski definition) is 4. The smallest absolute Gasteiger partial charge is 0.309 e. The minimum absolute atomic E-state index is 0.416. The monoisotopic (exact) mass is 369 g/mol. The lowest BCUT2D eigenvalue weighted by Gasteiger charge is -2.31. The Morgan fingerprint density at radius 1 is 1.00 bits per heavy atom. The molecule has 144 valence electrons. The minimum Gasteiger partial charge on any atom is -0.468 e. The lowest BCUT2D eigenvalue weighted by atomic mass is 9.96. The van der Waals surface area contributed by atoms with Crippen LogP contribution in [-0.4, -0.2) is 42.9 Å². The van der Waals surface area contributed by atoms with Gasteiger partial charge >= 0.3 is 11.8 Å². The highest BCUT2D eigenvalue weighted by atomic mass is 16.3. The summed E-state index contributed by atoms with van der Waals surface area (Å²) in [6.07, 6.45) is 4.43. The fourth-order valence-electron chi connectivity index (χ4n) is 3.33. The quantitative estimate of drug-likeness (QED) is 0.732. The van der Waals surface area contributed by atoms with Crippen LogP contribution >= 0.6 is 0 Å². The number of nitrogens with one attached hydrogen (secondary N) is 2. The van der Waals surface area contributed by atoms with Crippen LogP contribution in [-0.2, 0) is 22.6 Å². The Morgan fingerprint density at radius 3 is 2.44 bits per heavy atom. The van der Waals surface area contributed by atoms with Gasteiger partial charge in [-0.2, -0.15) is 0 Å². The predicted molar refractivity (Wildman–Crippen MR) is 103 cm³/mol. The van der Waals surface area contributed by atoms with Gasteiger partial charge in [0.25, 0.3) is 0 Å². The Kier molecular flexibility index (Phi) is 7.04. The van der Waals surface area contributed by atoms with E-state index >= 15 is 0 Å². The van der Waals surface area contributed by atoms with Crippen LogP contribution in [0, 0.1) is 5.92 Å². The molecule has 2 aromatic rings. The summed E-state index contributed by atoms with van der Waals surface area (Å²) in [5.41, 5.74) is 1.14. The SMILES string of the molecule is O=C(NCCc1ccccc1)C(=O)NCC1CCN(Cc2ccco2)CC1. The predicted octanol–water partition coefficient (Wildman–Crippen LogP) is 1.97. The summed E-state index contributed by atoms with van der Waals surface area (Å²) in [5, 5.41) is 5.45. The van der Waals surface area contributed by atoms with Crippen molar-refractivity contribution in [2.24, 2.45) is 5.92 Å². The molecule has 1 aliphatic heterocycles. The van der Waals surface area contributed by atoms with Crippen LogP contribution in [0.4, 0.5) is 0 Å². The fraction of sp³-hybridized carbons (Fsp3) is 0.429. The standard InChI is InChI=1S/C21H27N3O3/c25-20(22-11-8-17-5-2-1-3-6-17)21(26)23-15-18-9-12-24(13-10-18)16-19-7-4-14-27-19/h1-7,14,18H,8-13,15-16H2,(H,22,25)(H,23,26). The second kappa shape index (κ2) is 9.92. The van der Waals surface area contributed by atoms with Crippen molar-refractivity contribution in [1.29, 1.82) is 0 Å². The Bertz CT molecular complexity index is 708. The number of furan rings is 1. The fourth-order valence-corrected chi connectivity index (χ4v) is 3.33. The summed E-state index contributed by atoms with van der Waals surface area (Å²) in [5.74, 6) is 0.301. The highest BCUT2D eigenvalue weighted by Gasteiger charge is 2.21. The molecule has 1 aliphatic rings. The first-order valence-electron chi connectivity index (χ1n) is 9.55. The van der Waals surface area contributed by atoms with Gasteiger partial charge in [-0.15, -0.1) is 0 Å². The summed E-state index contributed by atoms with van der Waals surface area (Å²) < 4.78 is 5.39. The molecular weight excluding hydrogens is 342 g/mol. The molecule has 0 unspecified atom stereocenters. The van der Waals surface area contributed by atoms with Crippen molar-refractivity contribution in [2.75, 3.05) is 26.2 Å². The van der Waals surface area contributed by atoms with E-state index in [9.17, 15) is 9.59 Å². The third kappa shape index (κ3) is 6.25. The van der Waals surface area contributed by atoms with E-state index < -0.39 is 11.8 Å². The van der Waals surface area contributed by atoms with Crippen molar-refractivity contribution < 1.29 is 14.0 Å². The Morgan fingerprint density at radius 2 is 1.74 bits per heavy atom. The summed E-state index contributed by atoms with van der Waals surface area (Å²) in [4.78, 5) is 26.2. The molecule has 2 amide bonds. The number of carbonyl (C=O) groups is 2. The average molecular weight is 369 g/mol.